The van der Waals surface area contributed by atoms with Crippen LogP contribution in [0.4, 0.5) is 5.82 Å². The number of aliphatic hydroxyl groups excluding tert-OH is 1. The third-order valence-electron chi connectivity index (χ3n) is 6.76. The molecule has 4 aromatic rings. The van der Waals surface area contributed by atoms with E-state index in [0.29, 0.717) is 54.2 Å². The molecule has 0 amide bonds. The fourth-order valence-electron chi connectivity index (χ4n) is 4.77. The molecular weight excluding hydrogens is 468 g/mol. The molecule has 10 heteroatoms. The van der Waals surface area contributed by atoms with E-state index in [1.54, 1.807) is 18.5 Å². The van der Waals surface area contributed by atoms with E-state index < -0.39 is 11.7 Å². The first-order valence-electron chi connectivity index (χ1n) is 11.5. The van der Waals surface area contributed by atoms with Crippen LogP contribution in [0.15, 0.2) is 59.3 Å². The largest absolute Gasteiger partial charge is 0.484 e. The monoisotopic (exact) mass is 490 g/mol. The summed E-state index contributed by atoms with van der Waals surface area (Å²) < 4.78 is 12.1. The number of fused-ring (bicyclic) bond motifs is 1. The van der Waals surface area contributed by atoms with Gasteiger partial charge in [0, 0.05) is 42.5 Å². The van der Waals surface area contributed by atoms with Crippen molar-refractivity contribution in [3.8, 4) is 17.3 Å². The molecule has 0 radical (unpaired) electrons. The lowest BCUT2D eigenvalue weighted by Gasteiger charge is -2.48. The molecule has 2 aliphatic rings. The van der Waals surface area contributed by atoms with Crippen molar-refractivity contribution < 1.29 is 14.3 Å². The molecule has 9 nitrogen and oxygen atoms in total. The van der Waals surface area contributed by atoms with Gasteiger partial charge in [-0.25, -0.2) is 0 Å². The molecule has 1 N–H and O–H groups in total. The van der Waals surface area contributed by atoms with Crippen LogP contribution in [0, 0.1) is 0 Å². The minimum atomic E-state index is -0.670. The second-order valence-electron chi connectivity index (χ2n) is 8.91. The third-order valence-corrected chi connectivity index (χ3v) is 7.11. The molecular formula is C25H23ClN6O3. The summed E-state index contributed by atoms with van der Waals surface area (Å²) in [7, 11) is 0. The summed E-state index contributed by atoms with van der Waals surface area (Å²) in [5.74, 6) is 2.26. The molecule has 1 fully saturated rings. The first-order valence-corrected chi connectivity index (χ1v) is 11.9. The van der Waals surface area contributed by atoms with Crippen molar-refractivity contribution in [2.24, 2.45) is 0 Å². The van der Waals surface area contributed by atoms with Crippen LogP contribution in [0.5, 0.6) is 5.75 Å². The Balaban J connectivity index is 1.13. The summed E-state index contributed by atoms with van der Waals surface area (Å²) >= 11 is 6.32. The van der Waals surface area contributed by atoms with E-state index in [-0.39, 0.29) is 0 Å². The minimum Gasteiger partial charge on any atom is -0.484 e. The molecule has 3 aromatic heterocycles. The van der Waals surface area contributed by atoms with Crippen LogP contribution in [0.3, 0.4) is 0 Å². The van der Waals surface area contributed by atoms with Gasteiger partial charge in [-0.2, -0.15) is 0 Å². The molecule has 2 aliphatic heterocycles. The number of piperidine rings is 1. The van der Waals surface area contributed by atoms with Gasteiger partial charge in [-0.15, -0.1) is 20.4 Å². The second kappa shape index (κ2) is 8.90. The third kappa shape index (κ3) is 4.21. The Morgan fingerprint density at radius 3 is 2.71 bits per heavy atom. The van der Waals surface area contributed by atoms with Crippen LogP contribution in [0.2, 0.25) is 5.02 Å². The second-order valence-corrected chi connectivity index (χ2v) is 9.31. The normalized spacial score (nSPS) is 21.5. The molecule has 178 valence electrons. The van der Waals surface area contributed by atoms with Gasteiger partial charge in [-0.3, -0.25) is 4.98 Å². The van der Waals surface area contributed by atoms with Crippen molar-refractivity contribution in [1.29, 1.82) is 0 Å². The molecule has 5 heterocycles. The number of anilines is 1. The summed E-state index contributed by atoms with van der Waals surface area (Å²) in [5, 5.41) is 28.7. The van der Waals surface area contributed by atoms with E-state index in [0.717, 1.165) is 29.7 Å². The summed E-state index contributed by atoms with van der Waals surface area (Å²) in [6.45, 7) is 1.10. The first-order chi connectivity index (χ1) is 17.1. The van der Waals surface area contributed by atoms with Gasteiger partial charge in [0.2, 0.25) is 5.89 Å². The molecule has 35 heavy (non-hydrogen) atoms. The Bertz CT molecular complexity index is 1330. The molecule has 1 spiro atoms. The first kappa shape index (κ1) is 21.9. The lowest BCUT2D eigenvalue weighted by atomic mass is 9.81. The average molecular weight is 491 g/mol. The van der Waals surface area contributed by atoms with Gasteiger partial charge in [0.15, 0.2) is 5.82 Å². The highest BCUT2D eigenvalue weighted by Gasteiger charge is 2.47. The lowest BCUT2D eigenvalue weighted by Crippen LogP contribution is -2.60. The van der Waals surface area contributed by atoms with Crippen LogP contribution < -0.4 is 9.64 Å². The summed E-state index contributed by atoms with van der Waals surface area (Å²) in [6, 6.07) is 13.1. The van der Waals surface area contributed by atoms with Crippen molar-refractivity contribution >= 4 is 17.4 Å². The van der Waals surface area contributed by atoms with Gasteiger partial charge in [-0.1, -0.05) is 17.7 Å². The van der Waals surface area contributed by atoms with Crippen LogP contribution in [0.1, 0.15) is 29.9 Å². The molecule has 6 rings (SSSR count). The number of hydrogen-bond donors (Lipinski definition) is 1. The fourth-order valence-corrected chi connectivity index (χ4v) is 5.03. The maximum absolute atomic E-state index is 11.1. The number of β-amino-alcohol motifs (C(OH)–C–C–N with tert-alkyl or cyclic N) is 1. The summed E-state index contributed by atoms with van der Waals surface area (Å²) in [4.78, 5) is 6.03. The molecule has 0 aliphatic carbocycles. The average Bonchev–Trinajstić information content (AvgIpc) is 3.35. The number of halogens is 1. The number of rotatable bonds is 4. The number of pyridine rings is 1. The Morgan fingerprint density at radius 1 is 1.03 bits per heavy atom. The van der Waals surface area contributed by atoms with Gasteiger partial charge in [0.1, 0.15) is 23.1 Å². The predicted octanol–water partition coefficient (Wildman–Crippen LogP) is 3.50. The Labute approximate surface area is 206 Å². The van der Waals surface area contributed by atoms with Gasteiger partial charge < -0.3 is 19.2 Å². The van der Waals surface area contributed by atoms with Crippen LogP contribution >= 0.6 is 11.6 Å². The zero-order chi connectivity index (χ0) is 23.8. The van der Waals surface area contributed by atoms with Gasteiger partial charge in [0.25, 0.3) is 5.89 Å². The summed E-state index contributed by atoms with van der Waals surface area (Å²) in [6.07, 6.45) is 5.49. The Kier molecular flexibility index (Phi) is 5.58. The van der Waals surface area contributed by atoms with Crippen LogP contribution in [-0.4, -0.2) is 55.3 Å². The molecule has 2 unspecified atom stereocenters. The predicted molar refractivity (Wildman–Crippen MR) is 128 cm³/mol. The number of nitrogens with zero attached hydrogens (tertiary/aromatic N) is 6. The van der Waals surface area contributed by atoms with Gasteiger partial charge >= 0.3 is 0 Å². The molecule has 2 atom stereocenters. The number of hydrogen-bond acceptors (Lipinski definition) is 9. The molecule has 1 saturated heterocycles. The number of ether oxygens (including phenoxy) is 1. The molecule has 1 aromatic carbocycles. The topological polar surface area (TPSA) is 110 Å². The van der Waals surface area contributed by atoms with Gasteiger partial charge in [-0.05, 0) is 54.8 Å². The highest BCUT2D eigenvalue weighted by atomic mass is 35.5. The SMILES string of the molecule is OC1CN(c2ccc(-c3nnc(Cc4ccncc4)o3)nn2)CCC12CCc1c(Cl)cccc1O2. The smallest absolute Gasteiger partial charge is 0.268 e. The Morgan fingerprint density at radius 2 is 1.91 bits per heavy atom. The minimum absolute atomic E-state index is 0.318. The zero-order valence-electron chi connectivity index (χ0n) is 18.8. The zero-order valence-corrected chi connectivity index (χ0v) is 19.6. The van der Waals surface area contributed by atoms with Crippen molar-refractivity contribution in [1.82, 2.24) is 25.4 Å². The van der Waals surface area contributed by atoms with Crippen molar-refractivity contribution in [2.75, 3.05) is 18.0 Å². The van der Waals surface area contributed by atoms with Crippen molar-refractivity contribution in [3.05, 3.63) is 76.9 Å². The number of aliphatic hydroxyl groups is 1. The van der Waals surface area contributed by atoms with E-state index in [9.17, 15) is 5.11 Å². The van der Waals surface area contributed by atoms with Crippen LogP contribution in [0.25, 0.3) is 11.6 Å². The van der Waals surface area contributed by atoms with Crippen LogP contribution in [-0.2, 0) is 12.8 Å². The van der Waals surface area contributed by atoms with Crippen molar-refractivity contribution in [2.45, 2.75) is 37.4 Å². The summed E-state index contributed by atoms with van der Waals surface area (Å²) in [5.41, 5.74) is 1.93. The maximum Gasteiger partial charge on any atom is 0.268 e. The number of aromatic nitrogens is 5. The Hall–Kier alpha value is -3.56. The van der Waals surface area contributed by atoms with E-state index in [1.807, 2.05) is 41.3 Å². The lowest BCUT2D eigenvalue weighted by molar-refractivity contribution is -0.0785. The number of benzene rings is 1. The molecule has 0 saturated carbocycles. The highest BCUT2D eigenvalue weighted by molar-refractivity contribution is 6.31. The van der Waals surface area contributed by atoms with E-state index >= 15 is 0 Å². The van der Waals surface area contributed by atoms with Crippen molar-refractivity contribution in [3.63, 3.8) is 0 Å². The standard InChI is InChI=1S/C25H23ClN6O3/c26-18-2-1-3-20-17(18)6-9-25(35-20)10-13-32(15-21(25)33)22-5-4-19(28-29-22)24-31-30-23(34-24)14-16-7-11-27-12-8-16/h1-5,7-8,11-12,21,33H,6,9-10,13-15H2. The fraction of sp³-hybridized carbons (Fsp3) is 0.320. The quantitative estimate of drug-likeness (QED) is 0.459. The van der Waals surface area contributed by atoms with E-state index in [4.69, 9.17) is 20.8 Å². The maximum atomic E-state index is 11.1. The molecule has 0 bridgehead atoms. The van der Waals surface area contributed by atoms with E-state index in [1.165, 1.54) is 0 Å². The van der Waals surface area contributed by atoms with E-state index in [2.05, 4.69) is 25.4 Å². The van der Waals surface area contributed by atoms with Gasteiger partial charge in [0.05, 0.1) is 6.42 Å². The highest BCUT2D eigenvalue weighted by Crippen LogP contribution is 2.42.